The Hall–Kier alpha value is -1.30. The molecule has 0 radical (unpaired) electrons. The van der Waals surface area contributed by atoms with E-state index in [1.54, 1.807) is 0 Å². The highest BCUT2D eigenvalue weighted by atomic mass is 32.1. The first-order chi connectivity index (χ1) is 8.39. The molecule has 0 aliphatic carbocycles. The number of hydrogen-bond donors (Lipinski definition) is 1. The van der Waals surface area contributed by atoms with Gasteiger partial charge in [0.05, 0.1) is 5.56 Å². The van der Waals surface area contributed by atoms with Crippen LogP contribution in [0.3, 0.4) is 0 Å². The number of halogens is 3. The molecule has 0 unspecified atom stereocenters. The fraction of sp³-hybridized carbons (Fsp3) is 0.417. The fourth-order valence-electron chi connectivity index (χ4n) is 2.14. The Morgan fingerprint density at radius 2 is 1.83 bits per heavy atom. The SMILES string of the molecule is NC(=S)c1cc(C(F)(F)F)ccc1N1CCCC1. The molecule has 0 aromatic heterocycles. The molecule has 1 aliphatic heterocycles. The van der Waals surface area contributed by atoms with E-state index in [-0.39, 0.29) is 4.99 Å². The normalized spacial score (nSPS) is 16.1. The summed E-state index contributed by atoms with van der Waals surface area (Å²) < 4.78 is 37.9. The van der Waals surface area contributed by atoms with E-state index in [9.17, 15) is 13.2 Å². The maximum atomic E-state index is 12.6. The third-order valence-corrected chi connectivity index (χ3v) is 3.26. The smallest absolute Gasteiger partial charge is 0.389 e. The minimum atomic E-state index is -4.37. The molecule has 0 amide bonds. The Bertz CT molecular complexity index is 465. The van der Waals surface area contributed by atoms with Crippen LogP contribution in [0.2, 0.25) is 0 Å². The molecule has 1 saturated heterocycles. The zero-order valence-electron chi connectivity index (χ0n) is 9.63. The standard InChI is InChI=1S/C12H13F3N2S/c13-12(14,15)8-3-4-10(9(7-8)11(16)18)17-5-1-2-6-17/h3-4,7H,1-2,5-6H2,(H2,16,18). The molecule has 98 valence electrons. The number of alkyl halides is 3. The van der Waals surface area contributed by atoms with E-state index in [0.29, 0.717) is 11.3 Å². The van der Waals surface area contributed by atoms with Crippen molar-refractivity contribution in [2.75, 3.05) is 18.0 Å². The minimum absolute atomic E-state index is 0.00278. The number of hydrogen-bond acceptors (Lipinski definition) is 2. The quantitative estimate of drug-likeness (QED) is 0.841. The van der Waals surface area contributed by atoms with Crippen molar-refractivity contribution in [1.29, 1.82) is 0 Å². The summed E-state index contributed by atoms with van der Waals surface area (Å²) in [6.07, 6.45) is -2.29. The summed E-state index contributed by atoms with van der Waals surface area (Å²) in [5.41, 5.74) is 5.83. The van der Waals surface area contributed by atoms with Crippen molar-refractivity contribution in [3.8, 4) is 0 Å². The molecule has 6 heteroatoms. The predicted octanol–water partition coefficient (Wildman–Crippen LogP) is 2.94. The molecule has 0 bridgehead atoms. The van der Waals surface area contributed by atoms with Gasteiger partial charge in [0.2, 0.25) is 0 Å². The summed E-state index contributed by atoms with van der Waals surface area (Å²) in [4.78, 5) is 2.03. The van der Waals surface area contributed by atoms with E-state index in [1.165, 1.54) is 6.07 Å². The summed E-state index contributed by atoms with van der Waals surface area (Å²) in [7, 11) is 0. The number of nitrogens with zero attached hydrogens (tertiary/aromatic N) is 1. The van der Waals surface area contributed by atoms with Crippen LogP contribution in [0.1, 0.15) is 24.0 Å². The molecule has 1 heterocycles. The van der Waals surface area contributed by atoms with E-state index in [2.05, 4.69) is 0 Å². The lowest BCUT2D eigenvalue weighted by molar-refractivity contribution is -0.137. The molecule has 1 aliphatic rings. The molecule has 0 saturated carbocycles. The summed E-state index contributed by atoms with van der Waals surface area (Å²) in [5, 5.41) is 0. The van der Waals surface area contributed by atoms with Crippen molar-refractivity contribution < 1.29 is 13.2 Å². The lowest BCUT2D eigenvalue weighted by Crippen LogP contribution is -2.23. The number of benzene rings is 1. The van der Waals surface area contributed by atoms with Crippen molar-refractivity contribution in [2.24, 2.45) is 5.73 Å². The monoisotopic (exact) mass is 274 g/mol. The van der Waals surface area contributed by atoms with E-state index >= 15 is 0 Å². The molecule has 2 nitrogen and oxygen atoms in total. The van der Waals surface area contributed by atoms with Gasteiger partial charge < -0.3 is 10.6 Å². The van der Waals surface area contributed by atoms with Crippen LogP contribution in [-0.4, -0.2) is 18.1 Å². The van der Waals surface area contributed by atoms with E-state index < -0.39 is 11.7 Å². The van der Waals surface area contributed by atoms with Crippen LogP contribution >= 0.6 is 12.2 Å². The van der Waals surface area contributed by atoms with Crippen LogP contribution in [0.25, 0.3) is 0 Å². The molecule has 18 heavy (non-hydrogen) atoms. The van der Waals surface area contributed by atoms with Gasteiger partial charge in [-0.2, -0.15) is 13.2 Å². The summed E-state index contributed by atoms with van der Waals surface area (Å²) in [6.45, 7) is 1.67. The van der Waals surface area contributed by atoms with Crippen LogP contribution in [0, 0.1) is 0 Å². The highest BCUT2D eigenvalue weighted by Gasteiger charge is 2.31. The second kappa shape index (κ2) is 4.76. The van der Waals surface area contributed by atoms with Gasteiger partial charge in [-0.3, -0.25) is 0 Å². The summed E-state index contributed by atoms with van der Waals surface area (Å²) in [6, 6.07) is 3.58. The van der Waals surface area contributed by atoms with E-state index in [4.69, 9.17) is 18.0 Å². The van der Waals surface area contributed by atoms with Gasteiger partial charge in [-0.25, -0.2) is 0 Å². The predicted molar refractivity (Wildman–Crippen MR) is 68.8 cm³/mol. The summed E-state index contributed by atoms with van der Waals surface area (Å²) in [5.74, 6) is 0. The van der Waals surface area contributed by atoms with Gasteiger partial charge in [0.15, 0.2) is 0 Å². The molecule has 1 aromatic rings. The van der Waals surface area contributed by atoms with Gasteiger partial charge in [0, 0.05) is 24.3 Å². The fourth-order valence-corrected chi connectivity index (χ4v) is 2.31. The maximum Gasteiger partial charge on any atom is 0.416 e. The summed E-state index contributed by atoms with van der Waals surface area (Å²) >= 11 is 4.85. The Balaban J connectivity index is 2.44. The van der Waals surface area contributed by atoms with Gasteiger partial charge in [0.1, 0.15) is 4.99 Å². The zero-order chi connectivity index (χ0) is 13.3. The molecule has 1 aromatic carbocycles. The highest BCUT2D eigenvalue weighted by Crippen LogP contribution is 2.33. The first kappa shape index (κ1) is 13.1. The topological polar surface area (TPSA) is 29.3 Å². The number of nitrogens with two attached hydrogens (primary N) is 1. The van der Waals surface area contributed by atoms with Gasteiger partial charge in [0.25, 0.3) is 0 Å². The maximum absolute atomic E-state index is 12.6. The Morgan fingerprint density at radius 1 is 1.22 bits per heavy atom. The van der Waals surface area contributed by atoms with Crippen molar-refractivity contribution in [3.05, 3.63) is 29.3 Å². The van der Waals surface area contributed by atoms with Crippen LogP contribution in [-0.2, 0) is 6.18 Å². The van der Waals surface area contributed by atoms with Crippen LogP contribution in [0.15, 0.2) is 18.2 Å². The number of rotatable bonds is 2. The third-order valence-electron chi connectivity index (χ3n) is 3.04. The lowest BCUT2D eigenvalue weighted by Gasteiger charge is -2.22. The van der Waals surface area contributed by atoms with Crippen molar-refractivity contribution in [2.45, 2.75) is 19.0 Å². The number of thiocarbonyl (C=S) groups is 1. The second-order valence-electron chi connectivity index (χ2n) is 4.29. The molecular formula is C12H13F3N2S. The first-order valence-corrected chi connectivity index (χ1v) is 6.06. The Labute approximate surface area is 109 Å². The third kappa shape index (κ3) is 2.58. The molecule has 1 fully saturated rings. The molecule has 0 atom stereocenters. The molecular weight excluding hydrogens is 261 g/mol. The van der Waals surface area contributed by atoms with E-state index in [0.717, 1.165) is 38.1 Å². The minimum Gasteiger partial charge on any atom is -0.389 e. The Morgan fingerprint density at radius 3 is 2.33 bits per heavy atom. The number of anilines is 1. The van der Waals surface area contributed by atoms with Crippen molar-refractivity contribution >= 4 is 22.9 Å². The van der Waals surface area contributed by atoms with E-state index in [1.807, 2.05) is 4.90 Å². The van der Waals surface area contributed by atoms with Crippen molar-refractivity contribution in [3.63, 3.8) is 0 Å². The second-order valence-corrected chi connectivity index (χ2v) is 4.73. The lowest BCUT2D eigenvalue weighted by atomic mass is 10.1. The highest BCUT2D eigenvalue weighted by molar-refractivity contribution is 7.80. The van der Waals surface area contributed by atoms with Gasteiger partial charge in [-0.1, -0.05) is 12.2 Å². The van der Waals surface area contributed by atoms with Gasteiger partial charge in [-0.05, 0) is 31.0 Å². The largest absolute Gasteiger partial charge is 0.416 e. The Kier molecular flexibility index (Phi) is 3.47. The van der Waals surface area contributed by atoms with Crippen LogP contribution in [0.5, 0.6) is 0 Å². The molecule has 2 rings (SSSR count). The van der Waals surface area contributed by atoms with Crippen molar-refractivity contribution in [1.82, 2.24) is 0 Å². The van der Waals surface area contributed by atoms with Gasteiger partial charge in [-0.15, -0.1) is 0 Å². The zero-order valence-corrected chi connectivity index (χ0v) is 10.4. The van der Waals surface area contributed by atoms with Gasteiger partial charge >= 0.3 is 6.18 Å². The molecule has 0 spiro atoms. The van der Waals surface area contributed by atoms with Crippen LogP contribution in [0.4, 0.5) is 18.9 Å². The average molecular weight is 274 g/mol. The average Bonchev–Trinajstić information content (AvgIpc) is 2.80. The first-order valence-electron chi connectivity index (χ1n) is 5.65. The van der Waals surface area contributed by atoms with Crippen LogP contribution < -0.4 is 10.6 Å². The molecule has 2 N–H and O–H groups in total.